The van der Waals surface area contributed by atoms with Crippen LogP contribution < -0.4 is 21.7 Å². The maximum atomic E-state index is 12.7. The Morgan fingerprint density at radius 3 is 2.26 bits per heavy atom. The fraction of sp³-hybridized carbons (Fsp3) is 0.238. The Labute approximate surface area is 184 Å². The molecule has 0 spiro atoms. The second-order valence-corrected chi connectivity index (χ2v) is 7.46. The van der Waals surface area contributed by atoms with Gasteiger partial charge >= 0.3 is 6.03 Å². The van der Waals surface area contributed by atoms with Gasteiger partial charge in [-0.3, -0.25) is 14.6 Å². The summed E-state index contributed by atoms with van der Waals surface area (Å²) in [5, 5.41) is 8.26. The van der Waals surface area contributed by atoms with Crippen molar-refractivity contribution in [1.29, 1.82) is 0 Å². The lowest BCUT2D eigenvalue weighted by molar-refractivity contribution is -0.123. The summed E-state index contributed by atoms with van der Waals surface area (Å²) in [5.74, 6) is -0.386. The molecule has 0 fully saturated rings. The normalized spacial score (nSPS) is 13.9. The summed E-state index contributed by atoms with van der Waals surface area (Å²) in [5.41, 5.74) is 7.19. The first kappa shape index (κ1) is 22.1. The minimum absolute atomic E-state index is 0.348. The van der Waals surface area contributed by atoms with Crippen molar-refractivity contribution in [3.8, 4) is 0 Å². The summed E-state index contributed by atoms with van der Waals surface area (Å²) in [6.07, 6.45) is -0.348. The van der Waals surface area contributed by atoms with Gasteiger partial charge in [-0.15, -0.1) is 0 Å². The van der Waals surface area contributed by atoms with Crippen LogP contribution >= 0.6 is 11.6 Å². The molecule has 1 heterocycles. The molecule has 1 aliphatic heterocycles. The molecule has 31 heavy (non-hydrogen) atoms. The first-order chi connectivity index (χ1) is 14.8. The SMILES string of the molecule is CN1CCN=C1c1ccc(NC(=O)C(CC(N)=O)NC(=O)Nc2ccc(Cl)cc2)cc1. The average Bonchev–Trinajstić information content (AvgIpc) is 3.15. The predicted octanol–water partition coefficient (Wildman–Crippen LogP) is 2.04. The maximum Gasteiger partial charge on any atom is 0.319 e. The molecule has 162 valence electrons. The molecule has 9 nitrogen and oxygen atoms in total. The Hall–Kier alpha value is -3.59. The molecule has 10 heteroatoms. The van der Waals surface area contributed by atoms with Crippen molar-refractivity contribution in [3.63, 3.8) is 0 Å². The summed E-state index contributed by atoms with van der Waals surface area (Å²) in [6.45, 7) is 1.62. The molecule has 2 aromatic carbocycles. The molecular weight excluding hydrogens is 420 g/mol. The van der Waals surface area contributed by atoms with E-state index in [4.69, 9.17) is 17.3 Å². The van der Waals surface area contributed by atoms with Crippen molar-refractivity contribution in [2.24, 2.45) is 10.7 Å². The van der Waals surface area contributed by atoms with E-state index in [0.717, 1.165) is 24.5 Å². The molecule has 3 rings (SSSR count). The van der Waals surface area contributed by atoms with Crippen LogP contribution in [0.25, 0.3) is 0 Å². The number of benzene rings is 2. The molecular formula is C21H23ClN6O3. The number of amidine groups is 1. The summed E-state index contributed by atoms with van der Waals surface area (Å²) < 4.78 is 0. The number of aliphatic imine (C=N–C) groups is 1. The minimum Gasteiger partial charge on any atom is -0.370 e. The highest BCUT2D eigenvalue weighted by Gasteiger charge is 2.23. The predicted molar refractivity (Wildman–Crippen MR) is 120 cm³/mol. The highest BCUT2D eigenvalue weighted by atomic mass is 35.5. The fourth-order valence-corrected chi connectivity index (χ4v) is 3.17. The monoisotopic (exact) mass is 442 g/mol. The van der Waals surface area contributed by atoms with E-state index in [1.165, 1.54) is 0 Å². The third-order valence-electron chi connectivity index (χ3n) is 4.60. The van der Waals surface area contributed by atoms with Crippen molar-refractivity contribution in [2.75, 3.05) is 30.8 Å². The second-order valence-electron chi connectivity index (χ2n) is 7.02. The minimum atomic E-state index is -1.14. The standard InChI is InChI=1S/C21H23ClN6O3/c1-28-11-10-24-19(28)13-2-6-15(7-3-13)25-20(30)17(12-18(23)29)27-21(31)26-16-8-4-14(22)5-9-16/h2-9,17H,10-12H2,1H3,(H2,23,29)(H,25,30)(H2,26,27,31). The zero-order chi connectivity index (χ0) is 22.4. The van der Waals surface area contributed by atoms with E-state index in [2.05, 4.69) is 25.8 Å². The van der Waals surface area contributed by atoms with Gasteiger partial charge in [0, 0.05) is 35.6 Å². The smallest absolute Gasteiger partial charge is 0.319 e. The topological polar surface area (TPSA) is 129 Å². The molecule has 0 bridgehead atoms. The van der Waals surface area contributed by atoms with E-state index >= 15 is 0 Å². The number of hydrogen-bond donors (Lipinski definition) is 4. The van der Waals surface area contributed by atoms with Crippen molar-refractivity contribution in [1.82, 2.24) is 10.2 Å². The number of carbonyl (C=O) groups is 3. The number of halogens is 1. The fourth-order valence-electron chi connectivity index (χ4n) is 3.05. The van der Waals surface area contributed by atoms with Crippen LogP contribution in [0.2, 0.25) is 5.02 Å². The zero-order valence-corrected chi connectivity index (χ0v) is 17.6. The van der Waals surface area contributed by atoms with Crippen LogP contribution in [0.3, 0.4) is 0 Å². The maximum absolute atomic E-state index is 12.7. The van der Waals surface area contributed by atoms with E-state index in [1.54, 1.807) is 36.4 Å². The highest BCUT2D eigenvalue weighted by Crippen LogP contribution is 2.15. The van der Waals surface area contributed by atoms with E-state index < -0.39 is 23.9 Å². The molecule has 0 radical (unpaired) electrons. The number of likely N-dealkylation sites (N-methyl/N-ethyl adjacent to an activating group) is 1. The van der Waals surface area contributed by atoms with Gasteiger partial charge in [0.05, 0.1) is 13.0 Å². The number of anilines is 2. The number of amides is 4. The van der Waals surface area contributed by atoms with E-state index in [1.807, 2.05) is 19.2 Å². The number of nitrogens with one attached hydrogen (secondary N) is 3. The van der Waals surface area contributed by atoms with Crippen LogP contribution in [0.4, 0.5) is 16.2 Å². The van der Waals surface area contributed by atoms with Gasteiger partial charge in [0.2, 0.25) is 11.8 Å². The van der Waals surface area contributed by atoms with Crippen LogP contribution in [0.15, 0.2) is 53.5 Å². The van der Waals surface area contributed by atoms with Crippen molar-refractivity contribution >= 4 is 46.7 Å². The highest BCUT2D eigenvalue weighted by molar-refractivity contribution is 6.30. The van der Waals surface area contributed by atoms with Gasteiger partial charge in [0.1, 0.15) is 11.9 Å². The molecule has 0 aliphatic carbocycles. The zero-order valence-electron chi connectivity index (χ0n) is 16.9. The Morgan fingerprint density at radius 1 is 1.06 bits per heavy atom. The van der Waals surface area contributed by atoms with Gasteiger partial charge < -0.3 is 26.6 Å². The molecule has 1 atom stereocenters. The number of carbonyl (C=O) groups excluding carboxylic acids is 3. The van der Waals surface area contributed by atoms with E-state index in [0.29, 0.717) is 16.4 Å². The molecule has 0 saturated heterocycles. The molecule has 2 aromatic rings. The van der Waals surface area contributed by atoms with Crippen LogP contribution in [-0.4, -0.2) is 54.8 Å². The summed E-state index contributed by atoms with van der Waals surface area (Å²) >= 11 is 5.82. The van der Waals surface area contributed by atoms with E-state index in [9.17, 15) is 14.4 Å². The van der Waals surface area contributed by atoms with Crippen molar-refractivity contribution in [3.05, 3.63) is 59.1 Å². The molecule has 5 N–H and O–H groups in total. The number of hydrogen-bond acceptors (Lipinski definition) is 5. The summed E-state index contributed by atoms with van der Waals surface area (Å²) in [6, 6.07) is 11.8. The molecule has 0 saturated carbocycles. The lowest BCUT2D eigenvalue weighted by atomic mass is 10.1. The van der Waals surface area contributed by atoms with Crippen LogP contribution in [0.1, 0.15) is 12.0 Å². The lowest BCUT2D eigenvalue weighted by Crippen LogP contribution is -2.47. The van der Waals surface area contributed by atoms with Crippen LogP contribution in [-0.2, 0) is 9.59 Å². The lowest BCUT2D eigenvalue weighted by Gasteiger charge is -2.18. The second kappa shape index (κ2) is 9.94. The number of rotatable bonds is 7. The third kappa shape index (κ3) is 6.19. The molecule has 0 aromatic heterocycles. The van der Waals surface area contributed by atoms with Gasteiger partial charge in [-0.05, 0) is 48.5 Å². The van der Waals surface area contributed by atoms with Gasteiger partial charge in [-0.1, -0.05) is 11.6 Å². The molecule has 1 unspecified atom stereocenters. The van der Waals surface area contributed by atoms with Crippen molar-refractivity contribution in [2.45, 2.75) is 12.5 Å². The Morgan fingerprint density at radius 2 is 1.68 bits per heavy atom. The quantitative estimate of drug-likeness (QED) is 0.522. The van der Waals surface area contributed by atoms with E-state index in [-0.39, 0.29) is 6.42 Å². The Bertz CT molecular complexity index is 991. The average molecular weight is 443 g/mol. The Balaban J connectivity index is 1.63. The number of nitrogens with two attached hydrogens (primary N) is 1. The Kier molecular flexibility index (Phi) is 7.09. The van der Waals surface area contributed by atoms with Crippen LogP contribution in [0.5, 0.6) is 0 Å². The number of urea groups is 1. The van der Waals surface area contributed by atoms with Crippen LogP contribution in [0, 0.1) is 0 Å². The summed E-state index contributed by atoms with van der Waals surface area (Å²) in [7, 11) is 1.97. The van der Waals surface area contributed by atoms with Gasteiger partial charge in [-0.2, -0.15) is 0 Å². The largest absolute Gasteiger partial charge is 0.370 e. The number of primary amides is 1. The van der Waals surface area contributed by atoms with Gasteiger partial charge in [0.15, 0.2) is 0 Å². The molecule has 4 amide bonds. The number of nitrogens with zero attached hydrogens (tertiary/aromatic N) is 2. The third-order valence-corrected chi connectivity index (χ3v) is 4.85. The first-order valence-corrected chi connectivity index (χ1v) is 9.98. The van der Waals surface area contributed by atoms with Crippen molar-refractivity contribution < 1.29 is 14.4 Å². The van der Waals surface area contributed by atoms with Gasteiger partial charge in [0.25, 0.3) is 0 Å². The summed E-state index contributed by atoms with van der Waals surface area (Å²) in [4.78, 5) is 42.8. The van der Waals surface area contributed by atoms with Gasteiger partial charge in [-0.25, -0.2) is 4.79 Å². The molecule has 1 aliphatic rings. The first-order valence-electron chi connectivity index (χ1n) is 9.60.